The van der Waals surface area contributed by atoms with Crippen LogP contribution in [0.3, 0.4) is 0 Å². The molecule has 2 heterocycles. The fourth-order valence-corrected chi connectivity index (χ4v) is 4.93. The number of nitrogens with zero attached hydrogens (tertiary/aromatic N) is 2. The van der Waals surface area contributed by atoms with Crippen molar-refractivity contribution in [3.8, 4) is 0 Å². The average molecular weight is 385 g/mol. The summed E-state index contributed by atoms with van der Waals surface area (Å²) in [5.74, 6) is 0.900. The molecule has 0 spiro atoms. The molecule has 1 saturated heterocycles. The summed E-state index contributed by atoms with van der Waals surface area (Å²) in [4.78, 5) is 4.83. The van der Waals surface area contributed by atoms with E-state index in [4.69, 9.17) is 0 Å². The largest absolute Gasteiger partial charge is 0.355 e. The number of benzene rings is 2. The summed E-state index contributed by atoms with van der Waals surface area (Å²) >= 11 is 0. The van der Waals surface area contributed by atoms with Gasteiger partial charge in [0.15, 0.2) is 0 Å². The zero-order valence-electron chi connectivity index (χ0n) is 15.4. The number of rotatable bonds is 5. The number of aromatic nitrogens is 2. The van der Waals surface area contributed by atoms with Gasteiger partial charge in [0.05, 0.1) is 15.9 Å². The van der Waals surface area contributed by atoms with Crippen molar-refractivity contribution >= 4 is 27.0 Å². The summed E-state index contributed by atoms with van der Waals surface area (Å²) in [5.41, 5.74) is 2.28. The smallest absolute Gasteiger partial charge is 0.271 e. The molecule has 0 bridgehead atoms. The van der Waals surface area contributed by atoms with Crippen LogP contribution in [0.4, 0.5) is 5.95 Å². The van der Waals surface area contributed by atoms with E-state index in [2.05, 4.69) is 15.6 Å². The maximum absolute atomic E-state index is 13.4. The third-order valence-electron chi connectivity index (χ3n) is 5.09. The van der Waals surface area contributed by atoms with E-state index in [1.54, 1.807) is 18.2 Å². The summed E-state index contributed by atoms with van der Waals surface area (Å²) < 4.78 is 28.1. The molecule has 2 aromatic carbocycles. The highest BCUT2D eigenvalue weighted by Gasteiger charge is 2.25. The van der Waals surface area contributed by atoms with Crippen molar-refractivity contribution in [3.05, 3.63) is 54.1 Å². The summed E-state index contributed by atoms with van der Waals surface area (Å²) in [6, 6.07) is 14.3. The van der Waals surface area contributed by atoms with Crippen LogP contribution in [0.25, 0.3) is 11.0 Å². The second-order valence-electron chi connectivity index (χ2n) is 7.08. The van der Waals surface area contributed by atoms with Gasteiger partial charge < -0.3 is 10.6 Å². The van der Waals surface area contributed by atoms with Crippen molar-refractivity contribution in [2.45, 2.75) is 24.7 Å². The Kier molecular flexibility index (Phi) is 4.88. The van der Waals surface area contributed by atoms with E-state index in [0.717, 1.165) is 31.5 Å². The number of fused-ring (bicyclic) bond motifs is 1. The maximum atomic E-state index is 13.4. The maximum Gasteiger partial charge on any atom is 0.271 e. The average Bonchev–Trinajstić information content (AvgIpc) is 3.07. The van der Waals surface area contributed by atoms with Gasteiger partial charge in [-0.05, 0) is 63.0 Å². The van der Waals surface area contributed by atoms with Crippen LogP contribution in [-0.4, -0.2) is 37.0 Å². The molecule has 0 radical (unpaired) electrons. The van der Waals surface area contributed by atoms with Crippen LogP contribution in [0.2, 0.25) is 0 Å². The van der Waals surface area contributed by atoms with Gasteiger partial charge in [-0.1, -0.05) is 29.8 Å². The van der Waals surface area contributed by atoms with E-state index in [1.165, 1.54) is 3.97 Å². The van der Waals surface area contributed by atoms with Gasteiger partial charge in [-0.15, -0.1) is 0 Å². The fourth-order valence-electron chi connectivity index (χ4n) is 3.50. The molecule has 0 unspecified atom stereocenters. The molecule has 1 fully saturated rings. The van der Waals surface area contributed by atoms with E-state index in [1.807, 2.05) is 37.3 Å². The summed E-state index contributed by atoms with van der Waals surface area (Å²) in [6.07, 6.45) is 2.16. The molecule has 27 heavy (non-hydrogen) atoms. The van der Waals surface area contributed by atoms with Gasteiger partial charge in [0.25, 0.3) is 10.0 Å². The predicted molar refractivity (Wildman–Crippen MR) is 108 cm³/mol. The Morgan fingerprint density at radius 2 is 1.81 bits per heavy atom. The van der Waals surface area contributed by atoms with E-state index >= 15 is 0 Å². The van der Waals surface area contributed by atoms with Crippen molar-refractivity contribution in [2.75, 3.05) is 25.0 Å². The van der Waals surface area contributed by atoms with Gasteiger partial charge in [0, 0.05) is 6.54 Å². The third-order valence-corrected chi connectivity index (χ3v) is 6.80. The van der Waals surface area contributed by atoms with E-state index in [9.17, 15) is 8.42 Å². The molecule has 3 aromatic rings. The fraction of sp³-hybridized carbons (Fsp3) is 0.350. The van der Waals surface area contributed by atoms with Gasteiger partial charge in [-0.25, -0.2) is 17.4 Å². The molecule has 1 aliphatic rings. The number of hydrogen-bond donors (Lipinski definition) is 2. The van der Waals surface area contributed by atoms with E-state index in [0.29, 0.717) is 29.4 Å². The van der Waals surface area contributed by atoms with Crippen LogP contribution in [-0.2, 0) is 10.0 Å². The highest BCUT2D eigenvalue weighted by molar-refractivity contribution is 7.90. The molecular formula is C20H24N4O2S. The Hall–Kier alpha value is -2.38. The minimum atomic E-state index is -3.74. The lowest BCUT2D eigenvalue weighted by Crippen LogP contribution is -2.31. The minimum Gasteiger partial charge on any atom is -0.355 e. The number of anilines is 1. The molecule has 142 valence electrons. The Morgan fingerprint density at radius 3 is 2.56 bits per heavy atom. The molecule has 4 rings (SSSR count). The van der Waals surface area contributed by atoms with Crippen LogP contribution in [0.1, 0.15) is 18.4 Å². The SMILES string of the molecule is Cc1ccc(S(=O)(=O)n2c(NCC3CCNCC3)nc3ccccc32)cc1. The summed E-state index contributed by atoms with van der Waals surface area (Å²) in [7, 11) is -3.74. The van der Waals surface area contributed by atoms with Crippen molar-refractivity contribution in [1.82, 2.24) is 14.3 Å². The lowest BCUT2D eigenvalue weighted by Gasteiger charge is -2.23. The van der Waals surface area contributed by atoms with Gasteiger partial charge in [-0.3, -0.25) is 0 Å². The Bertz CT molecular complexity index is 1040. The number of imidazole rings is 1. The highest BCUT2D eigenvalue weighted by Crippen LogP contribution is 2.26. The van der Waals surface area contributed by atoms with E-state index < -0.39 is 10.0 Å². The second kappa shape index (κ2) is 7.32. The molecule has 6 nitrogen and oxygen atoms in total. The number of hydrogen-bond acceptors (Lipinski definition) is 5. The zero-order valence-corrected chi connectivity index (χ0v) is 16.2. The molecule has 1 aliphatic heterocycles. The molecule has 0 saturated carbocycles. The molecule has 0 atom stereocenters. The number of nitrogens with one attached hydrogen (secondary N) is 2. The Balaban J connectivity index is 1.74. The normalized spacial score (nSPS) is 15.9. The predicted octanol–water partition coefficient (Wildman–Crippen LogP) is 2.99. The molecule has 1 aromatic heterocycles. The first kappa shape index (κ1) is 18.0. The van der Waals surface area contributed by atoms with Crippen molar-refractivity contribution in [3.63, 3.8) is 0 Å². The van der Waals surface area contributed by atoms with Crippen molar-refractivity contribution in [2.24, 2.45) is 5.92 Å². The molecule has 0 amide bonds. The first-order valence-corrected chi connectivity index (χ1v) is 10.7. The van der Waals surface area contributed by atoms with Crippen LogP contribution in [0, 0.1) is 12.8 Å². The Morgan fingerprint density at radius 1 is 1.11 bits per heavy atom. The third kappa shape index (κ3) is 3.57. The lowest BCUT2D eigenvalue weighted by atomic mass is 9.98. The Labute approximate surface area is 159 Å². The van der Waals surface area contributed by atoms with Gasteiger partial charge >= 0.3 is 0 Å². The topological polar surface area (TPSA) is 76.0 Å². The van der Waals surface area contributed by atoms with Crippen LogP contribution in [0.5, 0.6) is 0 Å². The number of piperidine rings is 1. The summed E-state index contributed by atoms with van der Waals surface area (Å²) in [6.45, 7) is 4.66. The van der Waals surface area contributed by atoms with Crippen LogP contribution < -0.4 is 10.6 Å². The first-order chi connectivity index (χ1) is 13.1. The van der Waals surface area contributed by atoms with Crippen molar-refractivity contribution < 1.29 is 8.42 Å². The summed E-state index contributed by atoms with van der Waals surface area (Å²) in [5, 5.41) is 6.66. The number of para-hydroxylation sites is 2. The van der Waals surface area contributed by atoms with Gasteiger partial charge in [0.1, 0.15) is 0 Å². The quantitative estimate of drug-likeness (QED) is 0.707. The number of aryl methyl sites for hydroxylation is 1. The monoisotopic (exact) mass is 384 g/mol. The molecule has 7 heteroatoms. The van der Waals surface area contributed by atoms with Crippen LogP contribution >= 0.6 is 0 Å². The van der Waals surface area contributed by atoms with Crippen molar-refractivity contribution in [1.29, 1.82) is 0 Å². The molecular weight excluding hydrogens is 360 g/mol. The highest BCUT2D eigenvalue weighted by atomic mass is 32.2. The van der Waals surface area contributed by atoms with E-state index in [-0.39, 0.29) is 4.90 Å². The standard InChI is InChI=1S/C20H24N4O2S/c1-15-6-8-17(9-7-15)27(25,26)24-19-5-3-2-4-18(19)23-20(24)22-14-16-10-12-21-13-11-16/h2-9,16,21H,10-14H2,1H3,(H,22,23). The molecule has 2 N–H and O–H groups in total. The second-order valence-corrected chi connectivity index (χ2v) is 8.87. The van der Waals surface area contributed by atoms with Gasteiger partial charge in [0.2, 0.25) is 5.95 Å². The molecule has 0 aliphatic carbocycles. The van der Waals surface area contributed by atoms with Gasteiger partial charge in [-0.2, -0.15) is 0 Å². The minimum absolute atomic E-state index is 0.265. The lowest BCUT2D eigenvalue weighted by molar-refractivity contribution is 0.389. The van der Waals surface area contributed by atoms with Crippen LogP contribution in [0.15, 0.2) is 53.4 Å². The zero-order chi connectivity index (χ0) is 18.9. The first-order valence-electron chi connectivity index (χ1n) is 9.30.